The van der Waals surface area contributed by atoms with E-state index in [0.29, 0.717) is 20.7 Å². The quantitative estimate of drug-likeness (QED) is 0.370. The number of esters is 1. The molecule has 0 bridgehead atoms. The van der Waals surface area contributed by atoms with Crippen molar-refractivity contribution in [3.63, 3.8) is 0 Å². The Bertz CT molecular complexity index is 1210. The molecule has 0 atom stereocenters. The first-order valence-corrected chi connectivity index (χ1v) is 10.1. The third kappa shape index (κ3) is 3.37. The third-order valence-corrected chi connectivity index (χ3v) is 6.78. The van der Waals surface area contributed by atoms with Crippen LogP contribution in [0.3, 0.4) is 0 Å². The number of fused-ring (bicyclic) bond motifs is 1. The van der Waals surface area contributed by atoms with E-state index in [9.17, 15) is 4.79 Å². The van der Waals surface area contributed by atoms with E-state index in [0.717, 1.165) is 27.0 Å². The van der Waals surface area contributed by atoms with Gasteiger partial charge in [-0.15, -0.1) is 11.3 Å². The summed E-state index contributed by atoms with van der Waals surface area (Å²) < 4.78 is 16.7. The van der Waals surface area contributed by atoms with Crippen molar-refractivity contribution in [1.29, 1.82) is 0 Å². The lowest BCUT2D eigenvalue weighted by Gasteiger charge is -2.06. The number of aliphatic imine (C=N–C) groups is 1. The lowest BCUT2D eigenvalue weighted by molar-refractivity contribution is -0.129. The number of carbonyl (C=O) groups is 1. The maximum atomic E-state index is 12.4. The summed E-state index contributed by atoms with van der Waals surface area (Å²) in [6, 6.07) is 9.14. The average Bonchev–Trinajstić information content (AvgIpc) is 3.24. The summed E-state index contributed by atoms with van der Waals surface area (Å²) in [4.78, 5) is 17.3. The van der Waals surface area contributed by atoms with Gasteiger partial charge in [0.15, 0.2) is 5.70 Å². The number of ether oxygens (including phenoxy) is 3. The Morgan fingerprint density at radius 1 is 1.07 bits per heavy atom. The van der Waals surface area contributed by atoms with E-state index < -0.39 is 5.97 Å². The first kappa shape index (κ1) is 19.8. The highest BCUT2D eigenvalue weighted by molar-refractivity contribution is 7.22. The van der Waals surface area contributed by atoms with Gasteiger partial charge in [0.25, 0.3) is 0 Å². The van der Waals surface area contributed by atoms with Crippen LogP contribution in [0.4, 0.5) is 0 Å². The van der Waals surface area contributed by atoms with Gasteiger partial charge in [0.1, 0.15) is 21.4 Å². The number of methoxy groups -OCH3 is 2. The number of cyclic esters (lactones) is 1. The van der Waals surface area contributed by atoms with Crippen LogP contribution in [0.5, 0.6) is 11.5 Å². The number of rotatable bonds is 4. The van der Waals surface area contributed by atoms with Crippen molar-refractivity contribution in [3.05, 3.63) is 62.1 Å². The topological polar surface area (TPSA) is 57.1 Å². The summed E-state index contributed by atoms with van der Waals surface area (Å²) in [6.45, 7) is 1.91. The molecule has 0 unspecified atom stereocenters. The second-order valence-corrected chi connectivity index (χ2v) is 7.99. The molecule has 1 aliphatic rings. The van der Waals surface area contributed by atoms with E-state index in [2.05, 4.69) is 4.99 Å². The Kier molecular flexibility index (Phi) is 5.25. The molecule has 0 N–H and O–H groups in total. The third-order valence-electron chi connectivity index (χ3n) is 4.57. The first-order chi connectivity index (χ1) is 13.9. The molecule has 0 radical (unpaired) electrons. The van der Waals surface area contributed by atoms with Gasteiger partial charge in [-0.05, 0) is 42.3 Å². The van der Waals surface area contributed by atoms with Gasteiger partial charge in [-0.25, -0.2) is 9.79 Å². The van der Waals surface area contributed by atoms with Gasteiger partial charge in [0.05, 0.1) is 23.9 Å². The van der Waals surface area contributed by atoms with Gasteiger partial charge < -0.3 is 14.2 Å². The molecule has 148 valence electrons. The van der Waals surface area contributed by atoms with Gasteiger partial charge in [0.2, 0.25) is 5.90 Å². The molecule has 1 aliphatic heterocycles. The summed E-state index contributed by atoms with van der Waals surface area (Å²) >= 11 is 14.2. The minimum atomic E-state index is -0.542. The summed E-state index contributed by atoms with van der Waals surface area (Å²) in [5, 5.41) is 1.63. The van der Waals surface area contributed by atoms with Crippen LogP contribution in [0.2, 0.25) is 10.0 Å². The van der Waals surface area contributed by atoms with Crippen LogP contribution < -0.4 is 9.47 Å². The fraction of sp³-hybridized carbons (Fsp3) is 0.143. The first-order valence-electron chi connectivity index (χ1n) is 8.55. The number of hydrogen-bond acceptors (Lipinski definition) is 6. The predicted molar refractivity (Wildman–Crippen MR) is 117 cm³/mol. The van der Waals surface area contributed by atoms with Crippen LogP contribution in [0, 0.1) is 6.92 Å². The zero-order chi connectivity index (χ0) is 20.7. The molecule has 3 aromatic rings. The molecule has 2 heterocycles. The van der Waals surface area contributed by atoms with Gasteiger partial charge >= 0.3 is 5.97 Å². The lowest BCUT2D eigenvalue weighted by atomic mass is 10.1. The minimum Gasteiger partial charge on any atom is -0.496 e. The fourth-order valence-electron chi connectivity index (χ4n) is 3.04. The molecule has 0 spiro atoms. The molecule has 0 amide bonds. The fourth-order valence-corrected chi connectivity index (χ4v) is 4.85. The molecule has 0 saturated heterocycles. The molecule has 29 heavy (non-hydrogen) atoms. The Labute approximate surface area is 181 Å². The molecular weight excluding hydrogens is 433 g/mol. The van der Waals surface area contributed by atoms with Crippen LogP contribution in [-0.2, 0) is 9.53 Å². The highest BCUT2D eigenvalue weighted by Crippen LogP contribution is 2.44. The molecule has 4 rings (SSSR count). The molecule has 8 heteroatoms. The Morgan fingerprint density at radius 2 is 1.83 bits per heavy atom. The van der Waals surface area contributed by atoms with Crippen molar-refractivity contribution in [1.82, 2.24) is 0 Å². The monoisotopic (exact) mass is 447 g/mol. The van der Waals surface area contributed by atoms with E-state index in [4.69, 9.17) is 37.4 Å². The maximum absolute atomic E-state index is 12.4. The van der Waals surface area contributed by atoms with Crippen LogP contribution in [0.25, 0.3) is 16.2 Å². The number of carbonyl (C=O) groups excluding carboxylic acids is 1. The van der Waals surface area contributed by atoms with Gasteiger partial charge in [-0.2, -0.15) is 0 Å². The molecular formula is C21H15Cl2NO4S. The van der Waals surface area contributed by atoms with Crippen LogP contribution >= 0.6 is 34.5 Å². The van der Waals surface area contributed by atoms with E-state index in [1.54, 1.807) is 26.4 Å². The largest absolute Gasteiger partial charge is 0.496 e. The number of halogens is 2. The molecule has 1 aromatic heterocycles. The predicted octanol–water partition coefficient (Wildman–Crippen LogP) is 5.88. The van der Waals surface area contributed by atoms with Gasteiger partial charge in [-0.1, -0.05) is 35.3 Å². The summed E-state index contributed by atoms with van der Waals surface area (Å²) in [6.07, 6.45) is 1.67. The molecule has 0 fully saturated rings. The van der Waals surface area contributed by atoms with Crippen molar-refractivity contribution < 1.29 is 19.0 Å². The van der Waals surface area contributed by atoms with Crippen molar-refractivity contribution in [2.24, 2.45) is 4.99 Å². The maximum Gasteiger partial charge on any atom is 0.363 e. The summed E-state index contributed by atoms with van der Waals surface area (Å²) in [5.41, 5.74) is 1.91. The summed E-state index contributed by atoms with van der Waals surface area (Å²) in [7, 11) is 3.15. The Hall–Kier alpha value is -2.54. The van der Waals surface area contributed by atoms with Crippen molar-refractivity contribution in [2.75, 3.05) is 14.2 Å². The van der Waals surface area contributed by atoms with Crippen molar-refractivity contribution in [3.8, 4) is 11.5 Å². The molecule has 0 saturated carbocycles. The van der Waals surface area contributed by atoms with Crippen LogP contribution in [0.15, 0.2) is 41.0 Å². The number of benzene rings is 2. The summed E-state index contributed by atoms with van der Waals surface area (Å²) in [5.74, 6) is 0.886. The number of hydrogen-bond donors (Lipinski definition) is 0. The van der Waals surface area contributed by atoms with Crippen molar-refractivity contribution in [2.45, 2.75) is 6.92 Å². The minimum absolute atomic E-state index is 0.156. The van der Waals surface area contributed by atoms with Crippen LogP contribution in [-0.4, -0.2) is 26.1 Å². The van der Waals surface area contributed by atoms with Gasteiger partial charge in [0, 0.05) is 5.39 Å². The molecule has 0 aliphatic carbocycles. The Morgan fingerprint density at radius 3 is 2.55 bits per heavy atom. The van der Waals surface area contributed by atoms with Gasteiger partial charge in [-0.3, -0.25) is 0 Å². The van der Waals surface area contributed by atoms with Crippen molar-refractivity contribution >= 4 is 62.6 Å². The van der Waals surface area contributed by atoms with E-state index in [-0.39, 0.29) is 11.6 Å². The highest BCUT2D eigenvalue weighted by Gasteiger charge is 2.29. The smallest absolute Gasteiger partial charge is 0.363 e. The normalized spacial score (nSPS) is 15.0. The highest BCUT2D eigenvalue weighted by atomic mass is 35.5. The number of nitrogens with zero attached hydrogens (tertiary/aromatic N) is 1. The standard InChI is InChI=1S/C21H15Cl2NO4S/c1-10-11(5-4-6-14(10)26-2)9-13-21(25)28-20(24-13)19-16(22)12-7-8-15(27-3)17(23)18(12)29-19/h4-9H,1-3H3/b13-9-. The second kappa shape index (κ2) is 7.71. The SMILES string of the molecule is COc1cccc(/C=C2\N=C(c3sc4c(Cl)c(OC)ccc4c3Cl)OC2=O)c1C. The Balaban J connectivity index is 1.79. The molecule has 2 aromatic carbocycles. The van der Waals surface area contributed by atoms with Crippen LogP contribution in [0.1, 0.15) is 16.0 Å². The number of thiophene rings is 1. The van der Waals surface area contributed by atoms with E-state index in [1.807, 2.05) is 31.2 Å². The molecule has 5 nitrogen and oxygen atoms in total. The van der Waals surface area contributed by atoms with E-state index >= 15 is 0 Å². The van der Waals surface area contributed by atoms with E-state index in [1.165, 1.54) is 11.3 Å². The zero-order valence-corrected chi connectivity index (χ0v) is 18.0. The average molecular weight is 448 g/mol. The second-order valence-electron chi connectivity index (χ2n) is 6.21. The lowest BCUT2D eigenvalue weighted by Crippen LogP contribution is -2.04. The zero-order valence-electron chi connectivity index (χ0n) is 15.7.